The molecule has 1 aliphatic rings. The van der Waals surface area contributed by atoms with E-state index in [0.717, 1.165) is 62.4 Å². The van der Waals surface area contributed by atoms with E-state index in [1.54, 1.807) is 12.5 Å². The van der Waals surface area contributed by atoms with Gasteiger partial charge in [0.15, 0.2) is 0 Å². The maximum atomic E-state index is 12.7. The third-order valence-corrected chi connectivity index (χ3v) is 5.48. The van der Waals surface area contributed by atoms with Gasteiger partial charge in [-0.1, -0.05) is 12.1 Å². The number of piperidine rings is 1. The van der Waals surface area contributed by atoms with Crippen molar-refractivity contribution in [3.63, 3.8) is 0 Å². The van der Waals surface area contributed by atoms with E-state index in [2.05, 4.69) is 44.9 Å². The molecule has 0 spiro atoms. The number of anilines is 1. The van der Waals surface area contributed by atoms with Crippen LogP contribution in [0.5, 0.6) is 0 Å². The summed E-state index contributed by atoms with van der Waals surface area (Å²) >= 11 is 0. The molecule has 0 bridgehead atoms. The Morgan fingerprint density at radius 3 is 3.04 bits per heavy atom. The van der Waals surface area contributed by atoms with Crippen LogP contribution in [0.1, 0.15) is 26.2 Å². The second-order valence-electron chi connectivity index (χ2n) is 7.38. The molecule has 7 heteroatoms. The van der Waals surface area contributed by atoms with Gasteiger partial charge in [0.25, 0.3) is 0 Å². The average Bonchev–Trinajstić information content (AvgIpc) is 3.38. The van der Waals surface area contributed by atoms with Crippen LogP contribution in [0.3, 0.4) is 0 Å². The van der Waals surface area contributed by atoms with E-state index in [1.807, 2.05) is 16.8 Å². The second-order valence-corrected chi connectivity index (χ2v) is 7.38. The lowest BCUT2D eigenvalue weighted by Crippen LogP contribution is -2.44. The molecule has 0 saturated carbocycles. The van der Waals surface area contributed by atoms with Crippen molar-refractivity contribution >= 4 is 22.9 Å². The Bertz CT molecular complexity index is 916. The third kappa shape index (κ3) is 3.88. The standard InChI is InChI=1S/C21H28N6O/c1-2-27-19-9-4-3-8-18(19)24-21(27)26-13-5-7-17(15-26)20(28)23-10-6-12-25-14-11-22-16-25/h3-4,8-9,11,14,16-17H,2,5-7,10,12-13,15H2,1H3,(H,23,28)/t17-/m1/s1. The Labute approximate surface area is 165 Å². The Kier molecular flexibility index (Phi) is 5.60. The molecule has 1 amide bonds. The molecule has 0 radical (unpaired) electrons. The first-order chi connectivity index (χ1) is 13.8. The Balaban J connectivity index is 1.37. The van der Waals surface area contributed by atoms with E-state index in [9.17, 15) is 4.79 Å². The Hall–Kier alpha value is -2.83. The van der Waals surface area contributed by atoms with Gasteiger partial charge in [-0.3, -0.25) is 4.79 Å². The molecule has 4 rings (SSSR count). The van der Waals surface area contributed by atoms with Gasteiger partial charge in [0.05, 0.1) is 23.3 Å². The molecule has 1 N–H and O–H groups in total. The molecule has 1 aromatic carbocycles. The molecule has 148 valence electrons. The summed E-state index contributed by atoms with van der Waals surface area (Å²) < 4.78 is 4.28. The number of aryl methyl sites for hydroxylation is 2. The second kappa shape index (κ2) is 8.46. The van der Waals surface area contributed by atoms with E-state index in [-0.39, 0.29) is 11.8 Å². The van der Waals surface area contributed by atoms with Crippen molar-refractivity contribution < 1.29 is 4.79 Å². The molecule has 3 heterocycles. The van der Waals surface area contributed by atoms with Crippen molar-refractivity contribution in [3.8, 4) is 0 Å². The van der Waals surface area contributed by atoms with Gasteiger partial charge in [-0.25, -0.2) is 9.97 Å². The third-order valence-electron chi connectivity index (χ3n) is 5.48. The lowest BCUT2D eigenvalue weighted by molar-refractivity contribution is -0.125. The first-order valence-electron chi connectivity index (χ1n) is 10.2. The normalized spacial score (nSPS) is 17.2. The van der Waals surface area contributed by atoms with Crippen molar-refractivity contribution in [2.24, 2.45) is 5.92 Å². The van der Waals surface area contributed by atoms with Crippen LogP contribution in [0.4, 0.5) is 5.95 Å². The summed E-state index contributed by atoms with van der Waals surface area (Å²) in [5.74, 6) is 1.17. The predicted octanol–water partition coefficient (Wildman–Crippen LogP) is 2.68. The van der Waals surface area contributed by atoms with Crippen LogP contribution in [0.25, 0.3) is 11.0 Å². The lowest BCUT2D eigenvalue weighted by Gasteiger charge is -2.33. The number of imidazole rings is 2. The van der Waals surface area contributed by atoms with Gasteiger partial charge in [-0.15, -0.1) is 0 Å². The lowest BCUT2D eigenvalue weighted by atomic mass is 9.97. The molecule has 7 nitrogen and oxygen atoms in total. The summed E-state index contributed by atoms with van der Waals surface area (Å²) in [6.45, 7) is 6.27. The highest BCUT2D eigenvalue weighted by Gasteiger charge is 2.28. The van der Waals surface area contributed by atoms with E-state index in [0.29, 0.717) is 6.54 Å². The van der Waals surface area contributed by atoms with Gasteiger partial charge in [-0.2, -0.15) is 0 Å². The number of carbonyl (C=O) groups excluding carboxylic acids is 1. The van der Waals surface area contributed by atoms with Gasteiger partial charge < -0.3 is 19.4 Å². The van der Waals surface area contributed by atoms with Crippen LogP contribution >= 0.6 is 0 Å². The van der Waals surface area contributed by atoms with Gasteiger partial charge >= 0.3 is 0 Å². The maximum absolute atomic E-state index is 12.7. The number of fused-ring (bicyclic) bond motifs is 1. The van der Waals surface area contributed by atoms with E-state index in [4.69, 9.17) is 4.98 Å². The first-order valence-corrected chi connectivity index (χ1v) is 10.2. The summed E-state index contributed by atoms with van der Waals surface area (Å²) in [5, 5.41) is 3.12. The molecule has 1 fully saturated rings. The summed E-state index contributed by atoms with van der Waals surface area (Å²) in [6.07, 6.45) is 8.39. The minimum atomic E-state index is 0.0205. The van der Waals surface area contributed by atoms with Gasteiger partial charge in [0.2, 0.25) is 11.9 Å². The topological polar surface area (TPSA) is 68.0 Å². The predicted molar refractivity (Wildman–Crippen MR) is 110 cm³/mol. The smallest absolute Gasteiger partial charge is 0.224 e. The van der Waals surface area contributed by atoms with Crippen molar-refractivity contribution in [1.29, 1.82) is 0 Å². The minimum Gasteiger partial charge on any atom is -0.356 e. The number of hydrogen-bond donors (Lipinski definition) is 1. The molecule has 0 aliphatic carbocycles. The monoisotopic (exact) mass is 380 g/mol. The van der Waals surface area contributed by atoms with Gasteiger partial charge in [0, 0.05) is 45.1 Å². The summed E-state index contributed by atoms with van der Waals surface area (Å²) in [5.41, 5.74) is 2.18. The number of aromatic nitrogens is 4. The van der Waals surface area contributed by atoms with Crippen LogP contribution in [-0.4, -0.2) is 44.6 Å². The Morgan fingerprint density at radius 1 is 1.32 bits per heavy atom. The average molecular weight is 380 g/mol. The molecule has 1 saturated heterocycles. The summed E-state index contributed by atoms with van der Waals surface area (Å²) in [4.78, 5) is 23.9. The molecule has 3 aromatic rings. The zero-order valence-corrected chi connectivity index (χ0v) is 16.4. The molecular weight excluding hydrogens is 352 g/mol. The number of nitrogens with zero attached hydrogens (tertiary/aromatic N) is 5. The van der Waals surface area contributed by atoms with Crippen LogP contribution in [0, 0.1) is 5.92 Å². The number of carbonyl (C=O) groups is 1. The number of amides is 1. The number of hydrogen-bond acceptors (Lipinski definition) is 4. The summed E-state index contributed by atoms with van der Waals surface area (Å²) in [7, 11) is 0. The fraction of sp³-hybridized carbons (Fsp3) is 0.476. The van der Waals surface area contributed by atoms with Crippen LogP contribution < -0.4 is 10.2 Å². The minimum absolute atomic E-state index is 0.0205. The maximum Gasteiger partial charge on any atom is 0.224 e. The van der Waals surface area contributed by atoms with E-state index >= 15 is 0 Å². The molecule has 0 unspecified atom stereocenters. The van der Waals surface area contributed by atoms with Crippen LogP contribution in [0.15, 0.2) is 43.0 Å². The fourth-order valence-electron chi connectivity index (χ4n) is 4.03. The quantitative estimate of drug-likeness (QED) is 0.640. The highest BCUT2D eigenvalue weighted by molar-refractivity contribution is 5.81. The van der Waals surface area contributed by atoms with E-state index < -0.39 is 0 Å². The van der Waals surface area contributed by atoms with Crippen molar-refractivity contribution in [2.75, 3.05) is 24.5 Å². The van der Waals surface area contributed by atoms with Crippen LogP contribution in [0.2, 0.25) is 0 Å². The van der Waals surface area contributed by atoms with E-state index in [1.165, 1.54) is 0 Å². The number of para-hydroxylation sites is 2. The number of rotatable bonds is 7. The Morgan fingerprint density at radius 2 is 2.21 bits per heavy atom. The van der Waals surface area contributed by atoms with Crippen molar-refractivity contribution in [1.82, 2.24) is 24.4 Å². The van der Waals surface area contributed by atoms with Crippen LogP contribution in [-0.2, 0) is 17.9 Å². The summed E-state index contributed by atoms with van der Waals surface area (Å²) in [6, 6.07) is 8.24. The molecule has 1 atom stereocenters. The van der Waals surface area contributed by atoms with Crippen molar-refractivity contribution in [3.05, 3.63) is 43.0 Å². The largest absolute Gasteiger partial charge is 0.356 e. The van der Waals surface area contributed by atoms with Crippen molar-refractivity contribution in [2.45, 2.75) is 39.3 Å². The number of benzene rings is 1. The SMILES string of the molecule is CCn1c(N2CCC[C@@H](C(=O)NCCCn3ccnc3)C2)nc2ccccc21. The molecule has 28 heavy (non-hydrogen) atoms. The molecule has 2 aromatic heterocycles. The molecular formula is C21H28N6O. The zero-order chi connectivity index (χ0) is 19.3. The molecule has 1 aliphatic heterocycles. The fourth-order valence-corrected chi connectivity index (χ4v) is 4.03. The van der Waals surface area contributed by atoms with Gasteiger partial charge in [0.1, 0.15) is 0 Å². The highest BCUT2D eigenvalue weighted by atomic mass is 16.1. The first kappa shape index (κ1) is 18.5. The highest BCUT2D eigenvalue weighted by Crippen LogP contribution is 2.27. The van der Waals surface area contributed by atoms with Gasteiger partial charge in [-0.05, 0) is 38.3 Å². The zero-order valence-electron chi connectivity index (χ0n) is 16.4. The number of nitrogens with one attached hydrogen (secondary N) is 1.